The van der Waals surface area contributed by atoms with Crippen LogP contribution in [0.2, 0.25) is 0 Å². The second kappa shape index (κ2) is 5.70. The predicted molar refractivity (Wildman–Crippen MR) is 77.0 cm³/mol. The van der Waals surface area contributed by atoms with E-state index < -0.39 is 30.1 Å². The average molecular weight is 305 g/mol. The van der Waals surface area contributed by atoms with Crippen LogP contribution in [0.1, 0.15) is 35.3 Å². The molecule has 0 aromatic heterocycles. The molecule has 6 nitrogen and oxygen atoms in total. The molecule has 1 aromatic rings. The molecule has 2 aliphatic heterocycles. The van der Waals surface area contributed by atoms with Crippen LogP contribution in [0.25, 0.3) is 0 Å². The largest absolute Gasteiger partial charge is 0.466 e. The first-order valence-corrected chi connectivity index (χ1v) is 7.46. The molecule has 2 aliphatic rings. The van der Waals surface area contributed by atoms with Gasteiger partial charge in [-0.3, -0.25) is 9.59 Å². The first-order valence-electron chi connectivity index (χ1n) is 7.46. The fraction of sp³-hybridized carbons (Fsp3) is 0.500. The third-order valence-electron chi connectivity index (χ3n) is 4.44. The first kappa shape index (κ1) is 15.0. The highest BCUT2D eigenvalue weighted by molar-refractivity contribution is 5.99. The minimum Gasteiger partial charge on any atom is -0.466 e. The Bertz CT molecular complexity index is 602. The number of esters is 1. The van der Waals surface area contributed by atoms with Crippen molar-refractivity contribution in [2.75, 3.05) is 13.2 Å². The monoisotopic (exact) mass is 305 g/mol. The number of hydrogen-bond donors (Lipinski definition) is 2. The Morgan fingerprint density at radius 1 is 1.36 bits per heavy atom. The van der Waals surface area contributed by atoms with Gasteiger partial charge in [0.25, 0.3) is 5.91 Å². The zero-order chi connectivity index (χ0) is 15.9. The van der Waals surface area contributed by atoms with Crippen molar-refractivity contribution in [3.05, 3.63) is 35.4 Å². The Labute approximate surface area is 128 Å². The van der Waals surface area contributed by atoms with Gasteiger partial charge in [0.05, 0.1) is 37.8 Å². The van der Waals surface area contributed by atoms with E-state index in [0.29, 0.717) is 5.56 Å². The van der Waals surface area contributed by atoms with Crippen molar-refractivity contribution in [1.82, 2.24) is 4.90 Å². The number of carbonyl (C=O) groups is 2. The van der Waals surface area contributed by atoms with E-state index in [-0.39, 0.29) is 25.5 Å². The van der Waals surface area contributed by atoms with E-state index in [0.717, 1.165) is 5.56 Å². The second-order valence-electron chi connectivity index (χ2n) is 5.72. The summed E-state index contributed by atoms with van der Waals surface area (Å²) in [6.07, 6.45) is -2.16. The summed E-state index contributed by atoms with van der Waals surface area (Å²) in [5.74, 6) is -1.17. The van der Waals surface area contributed by atoms with Gasteiger partial charge in [0.2, 0.25) is 0 Å². The highest BCUT2D eigenvalue weighted by Crippen LogP contribution is 2.44. The van der Waals surface area contributed by atoms with Gasteiger partial charge in [0.15, 0.2) is 0 Å². The van der Waals surface area contributed by atoms with Crippen molar-refractivity contribution in [2.45, 2.75) is 31.6 Å². The van der Waals surface area contributed by atoms with Gasteiger partial charge in [-0.2, -0.15) is 0 Å². The molecule has 1 aromatic carbocycles. The number of benzene rings is 1. The molecule has 0 radical (unpaired) electrons. The van der Waals surface area contributed by atoms with Gasteiger partial charge in [-0.25, -0.2) is 0 Å². The van der Waals surface area contributed by atoms with Crippen LogP contribution in [0, 0.1) is 5.92 Å². The summed E-state index contributed by atoms with van der Waals surface area (Å²) in [5.41, 5.74) is 1.37. The number of nitrogens with zero attached hydrogens (tertiary/aromatic N) is 1. The Balaban J connectivity index is 1.96. The van der Waals surface area contributed by atoms with Gasteiger partial charge in [-0.05, 0) is 18.6 Å². The molecule has 0 unspecified atom stereocenters. The number of aliphatic hydroxyl groups is 2. The number of fused-ring (bicyclic) bond motifs is 3. The van der Waals surface area contributed by atoms with Gasteiger partial charge in [-0.1, -0.05) is 18.2 Å². The quantitative estimate of drug-likeness (QED) is 0.794. The summed E-state index contributed by atoms with van der Waals surface area (Å²) in [5, 5.41) is 20.4. The van der Waals surface area contributed by atoms with Crippen molar-refractivity contribution < 1.29 is 24.5 Å². The molecule has 0 spiro atoms. The number of carbonyl (C=O) groups excluding carboxylic acids is 2. The summed E-state index contributed by atoms with van der Waals surface area (Å²) in [4.78, 5) is 25.8. The van der Waals surface area contributed by atoms with Crippen LogP contribution in [-0.4, -0.2) is 52.3 Å². The number of amides is 1. The smallest absolute Gasteiger partial charge is 0.306 e. The Kier molecular flexibility index (Phi) is 3.88. The lowest BCUT2D eigenvalue weighted by Gasteiger charge is -2.42. The van der Waals surface area contributed by atoms with Gasteiger partial charge >= 0.3 is 5.97 Å². The first-order chi connectivity index (χ1) is 10.5. The zero-order valence-electron chi connectivity index (χ0n) is 12.3. The van der Waals surface area contributed by atoms with E-state index in [4.69, 9.17) is 4.74 Å². The minimum atomic E-state index is -1.07. The van der Waals surface area contributed by atoms with Crippen molar-refractivity contribution in [2.24, 2.45) is 5.92 Å². The lowest BCUT2D eigenvalue weighted by atomic mass is 9.81. The number of rotatable bonds is 3. The van der Waals surface area contributed by atoms with E-state index >= 15 is 0 Å². The second-order valence-corrected chi connectivity index (χ2v) is 5.72. The van der Waals surface area contributed by atoms with Crippen molar-refractivity contribution >= 4 is 11.9 Å². The van der Waals surface area contributed by atoms with Gasteiger partial charge in [0, 0.05) is 11.5 Å². The Morgan fingerprint density at radius 3 is 2.82 bits per heavy atom. The summed E-state index contributed by atoms with van der Waals surface area (Å²) in [6, 6.07) is 6.78. The van der Waals surface area contributed by atoms with Crippen molar-refractivity contribution in [1.29, 1.82) is 0 Å². The molecule has 2 heterocycles. The molecule has 6 heteroatoms. The van der Waals surface area contributed by atoms with E-state index in [9.17, 15) is 19.8 Å². The summed E-state index contributed by atoms with van der Waals surface area (Å²) < 4.78 is 4.96. The van der Waals surface area contributed by atoms with Crippen LogP contribution in [0.3, 0.4) is 0 Å². The molecule has 1 fully saturated rings. The third-order valence-corrected chi connectivity index (χ3v) is 4.44. The van der Waals surface area contributed by atoms with Crippen molar-refractivity contribution in [3.8, 4) is 0 Å². The topological polar surface area (TPSA) is 87.1 Å². The number of hydrogen-bond acceptors (Lipinski definition) is 5. The van der Waals surface area contributed by atoms with Crippen LogP contribution in [0.5, 0.6) is 0 Å². The molecule has 0 aliphatic carbocycles. The van der Waals surface area contributed by atoms with Crippen LogP contribution in [0.4, 0.5) is 0 Å². The van der Waals surface area contributed by atoms with E-state index in [1.54, 1.807) is 24.0 Å². The fourth-order valence-corrected chi connectivity index (χ4v) is 3.48. The summed E-state index contributed by atoms with van der Waals surface area (Å²) >= 11 is 0. The Morgan fingerprint density at radius 2 is 2.09 bits per heavy atom. The average Bonchev–Trinajstić information content (AvgIpc) is 2.77. The maximum atomic E-state index is 12.5. The van der Waals surface area contributed by atoms with Crippen LogP contribution < -0.4 is 0 Å². The van der Waals surface area contributed by atoms with E-state index in [1.807, 2.05) is 12.1 Å². The molecular weight excluding hydrogens is 286 g/mol. The predicted octanol–water partition coefficient (Wildman–Crippen LogP) is 0.488. The molecule has 22 heavy (non-hydrogen) atoms. The summed E-state index contributed by atoms with van der Waals surface area (Å²) in [6.45, 7) is 2.04. The van der Waals surface area contributed by atoms with E-state index in [1.165, 1.54) is 0 Å². The molecular formula is C16H19NO5. The minimum absolute atomic E-state index is 0.0329. The van der Waals surface area contributed by atoms with Gasteiger partial charge in [0.1, 0.15) is 0 Å². The third kappa shape index (κ3) is 2.28. The lowest BCUT2D eigenvalue weighted by Crippen LogP contribution is -2.53. The highest BCUT2D eigenvalue weighted by atomic mass is 16.5. The van der Waals surface area contributed by atoms with Crippen LogP contribution in [-0.2, 0) is 9.53 Å². The van der Waals surface area contributed by atoms with Crippen LogP contribution in [0.15, 0.2) is 24.3 Å². The Hall–Kier alpha value is -1.92. The molecule has 1 saturated heterocycles. The van der Waals surface area contributed by atoms with E-state index in [2.05, 4.69) is 0 Å². The molecule has 0 bridgehead atoms. The molecule has 3 rings (SSSR count). The normalized spacial score (nSPS) is 30.0. The fourth-order valence-electron chi connectivity index (χ4n) is 3.48. The van der Waals surface area contributed by atoms with Crippen LogP contribution >= 0.6 is 0 Å². The maximum absolute atomic E-state index is 12.5. The molecule has 2 N–H and O–H groups in total. The number of piperidine rings is 1. The lowest BCUT2D eigenvalue weighted by molar-refractivity contribution is -0.150. The SMILES string of the molecule is CCOC(=O)C[C@H]1[C@@H](O)[C@@H](O)CN2C(=O)c3ccccc3[C@H]12. The standard InChI is InChI=1S/C16H19NO5/c1-2-22-13(19)7-11-14-9-5-3-4-6-10(9)16(21)17(14)8-12(18)15(11)20/h3-6,11-12,14-15,18,20H,2,7-8H2,1H3/t11-,12+,14-,15-/m1/s1. The number of ether oxygens (including phenoxy) is 1. The molecule has 4 atom stereocenters. The summed E-state index contributed by atoms with van der Waals surface area (Å²) in [7, 11) is 0. The van der Waals surface area contributed by atoms with Gasteiger partial charge in [-0.15, -0.1) is 0 Å². The zero-order valence-corrected chi connectivity index (χ0v) is 12.3. The molecule has 1 amide bonds. The molecule has 0 saturated carbocycles. The number of aliphatic hydroxyl groups excluding tert-OH is 2. The maximum Gasteiger partial charge on any atom is 0.306 e. The molecule has 118 valence electrons. The van der Waals surface area contributed by atoms with Crippen molar-refractivity contribution in [3.63, 3.8) is 0 Å². The van der Waals surface area contributed by atoms with Gasteiger partial charge < -0.3 is 19.8 Å². The highest BCUT2D eigenvalue weighted by Gasteiger charge is 2.50.